The van der Waals surface area contributed by atoms with E-state index < -0.39 is 18.1 Å². The van der Waals surface area contributed by atoms with Crippen LogP contribution in [0.2, 0.25) is 0 Å². The zero-order chi connectivity index (χ0) is 41.6. The van der Waals surface area contributed by atoms with Crippen molar-refractivity contribution in [2.75, 3.05) is 0 Å². The van der Waals surface area contributed by atoms with Crippen LogP contribution >= 0.6 is 7.28 Å². The molecule has 0 bridgehead atoms. The van der Waals surface area contributed by atoms with Gasteiger partial charge < -0.3 is 0 Å². The number of hydrogen-bond acceptors (Lipinski definition) is 3. The van der Waals surface area contributed by atoms with Crippen LogP contribution in [0.3, 0.4) is 0 Å². The molecule has 0 aliphatic carbocycles. The molecular weight excluding hydrogens is 704 g/mol. The second-order valence-corrected chi connectivity index (χ2v) is 24.3. The summed E-state index contributed by atoms with van der Waals surface area (Å²) in [5, 5.41) is 4.51. The molecule has 0 radical (unpaired) electrons. The summed E-state index contributed by atoms with van der Waals surface area (Å²) in [6.45, 7) is 32.6. The Morgan fingerprint density at radius 2 is 0.857 bits per heavy atom. The minimum atomic E-state index is -5.89. The fraction of sp³-hybridized carbons (Fsp3) is 0.385. The molecule has 0 saturated heterocycles. The molecule has 0 atom stereocenters. The van der Waals surface area contributed by atoms with E-state index in [1.165, 1.54) is 16.5 Å². The van der Waals surface area contributed by atoms with E-state index in [0.29, 0.717) is 5.56 Å². The third kappa shape index (κ3) is 7.73. The third-order valence-corrected chi connectivity index (χ3v) is 14.0. The Bertz CT molecular complexity index is 2460. The second kappa shape index (κ2) is 13.4. The Hall–Kier alpha value is -3.85. The summed E-state index contributed by atoms with van der Waals surface area (Å²) in [5.41, 5.74) is 7.52. The van der Waals surface area contributed by atoms with Crippen LogP contribution < -0.4 is 10.6 Å². The van der Waals surface area contributed by atoms with Gasteiger partial charge in [-0.05, 0) is 0 Å². The molecule has 3 N–H and O–H groups in total. The van der Waals surface area contributed by atoms with Crippen LogP contribution in [0.4, 0.5) is 0 Å². The number of fused-ring (bicyclic) bond motifs is 2. The molecule has 0 fully saturated rings. The van der Waals surface area contributed by atoms with Crippen molar-refractivity contribution in [1.82, 2.24) is 0 Å². The molecule has 0 aromatic heterocycles. The van der Waals surface area contributed by atoms with E-state index in [1.807, 2.05) is 36.4 Å². The van der Waals surface area contributed by atoms with Gasteiger partial charge in [-0.15, -0.1) is 0 Å². The molecule has 0 heterocycles. The fourth-order valence-electron chi connectivity index (χ4n) is 8.25. The first-order valence-electron chi connectivity index (χ1n) is 20.2. The van der Waals surface area contributed by atoms with Crippen LogP contribution in [0, 0.1) is 0 Å². The maximum absolute atomic E-state index is 13.1. The van der Waals surface area contributed by atoms with Crippen molar-refractivity contribution in [2.24, 2.45) is 0 Å². The molecule has 6 aromatic rings. The van der Waals surface area contributed by atoms with Gasteiger partial charge in [0.25, 0.3) is 0 Å². The Morgan fingerprint density at radius 1 is 0.375 bits per heavy atom. The van der Waals surface area contributed by atoms with Gasteiger partial charge in [-0.1, -0.05) is 0 Å². The van der Waals surface area contributed by atoms with E-state index in [-0.39, 0.29) is 26.9 Å². The van der Waals surface area contributed by atoms with Gasteiger partial charge >= 0.3 is 338 Å². The summed E-state index contributed by atoms with van der Waals surface area (Å²) in [5.74, 6) is 0. The summed E-state index contributed by atoms with van der Waals surface area (Å²) >= 11 is 0. The van der Waals surface area contributed by atoms with Gasteiger partial charge in [0.05, 0.1) is 0 Å². The Balaban J connectivity index is 1.79. The van der Waals surface area contributed by atoms with Gasteiger partial charge in [0.15, 0.2) is 0 Å². The van der Waals surface area contributed by atoms with Crippen LogP contribution in [0.25, 0.3) is 43.8 Å². The van der Waals surface area contributed by atoms with Crippen molar-refractivity contribution < 1.29 is 14.7 Å². The average Bonchev–Trinajstić information content (AvgIpc) is 3.07. The van der Waals surface area contributed by atoms with E-state index in [0.717, 1.165) is 49.5 Å². The molecule has 3 nitrogen and oxygen atoms in total. The van der Waals surface area contributed by atoms with Crippen LogP contribution in [-0.4, -0.2) is 14.7 Å². The molecule has 0 spiro atoms. The fourth-order valence-corrected chi connectivity index (χ4v) is 10.9. The van der Waals surface area contributed by atoms with Crippen LogP contribution in [-0.2, 0) is 27.1 Å². The van der Waals surface area contributed by atoms with Crippen molar-refractivity contribution in [3.8, 4) is 22.3 Å². The van der Waals surface area contributed by atoms with Gasteiger partial charge in [0, 0.05) is 0 Å². The normalized spacial score (nSPS) is 14.3. The molecule has 0 unspecified atom stereocenters. The summed E-state index contributed by atoms with van der Waals surface area (Å²) < 4.78 is 0. The van der Waals surface area contributed by atoms with Crippen LogP contribution in [0.1, 0.15) is 132 Å². The van der Waals surface area contributed by atoms with Crippen molar-refractivity contribution in [3.05, 3.63) is 131 Å². The van der Waals surface area contributed by atoms with Crippen molar-refractivity contribution in [1.29, 1.82) is 0 Å². The first-order chi connectivity index (χ1) is 25.5. The molecule has 0 saturated carbocycles. The van der Waals surface area contributed by atoms with Gasteiger partial charge in [0.2, 0.25) is 0 Å². The molecule has 0 aliphatic heterocycles. The summed E-state index contributed by atoms with van der Waals surface area (Å²) in [6.07, 6.45) is 0. The molecule has 6 aromatic carbocycles. The number of rotatable bonds is 4. The second-order valence-electron chi connectivity index (χ2n) is 21.4. The molecule has 0 aliphatic rings. The summed E-state index contributed by atoms with van der Waals surface area (Å²) in [4.78, 5) is 39.4. The average molecular weight is 769 g/mol. The van der Waals surface area contributed by atoms with E-state index in [4.69, 9.17) is 0 Å². The summed E-state index contributed by atoms with van der Waals surface area (Å²) in [7, 11) is -5.89. The van der Waals surface area contributed by atoms with Crippen molar-refractivity contribution >= 4 is 39.4 Å². The van der Waals surface area contributed by atoms with Crippen molar-refractivity contribution in [2.45, 2.75) is 131 Å². The Labute approximate surface area is 337 Å². The van der Waals surface area contributed by atoms with Crippen LogP contribution in [0.5, 0.6) is 0 Å². The zero-order valence-electron chi connectivity index (χ0n) is 36.6. The molecule has 56 heavy (non-hydrogen) atoms. The summed E-state index contributed by atoms with van der Waals surface area (Å²) in [6, 6.07) is 35.7. The number of benzene rings is 6. The van der Waals surface area contributed by atoms with E-state index in [9.17, 15) is 14.7 Å². The Morgan fingerprint density at radius 3 is 1.32 bits per heavy atom. The topological polar surface area (TPSA) is 60.7 Å². The first-order valence-corrected chi connectivity index (χ1v) is 22.2. The van der Waals surface area contributed by atoms with E-state index >= 15 is 0 Å². The van der Waals surface area contributed by atoms with E-state index in [2.05, 4.69) is 165 Å². The zero-order valence-corrected chi connectivity index (χ0v) is 37.5. The predicted octanol–water partition coefficient (Wildman–Crippen LogP) is 13.0. The standard InChI is InChI=1S/C52H65O3P/c1-48(2,3)38-23-21-34-29-41(42(50(7,8)9)30-36(34)27-38)46-40(33-19-17-16-18-20-33)25-26-44(47(46)52(13,14)15)56(53,54,55)45-32-35-22-24-39(49(4,5)6)28-37(35)31-43(45)51(10,11)12/h16-32,53-55H,1-15H3. The van der Waals surface area contributed by atoms with Gasteiger partial charge in [-0.25, -0.2) is 0 Å². The minimum absolute atomic E-state index is 0.00208. The monoisotopic (exact) mass is 768 g/mol. The number of hydrogen-bond donors (Lipinski definition) is 3. The SMILES string of the molecule is CC(C)(C)c1ccc2cc(-c3c(-c4ccccc4)ccc(P(O)(O)(O)c4cc5ccc(C(C)(C)C)cc5cc4C(C)(C)C)c3C(C)(C)C)c(C(C)(C)C)cc2c1. The van der Waals surface area contributed by atoms with Crippen molar-refractivity contribution in [3.63, 3.8) is 0 Å². The molecular formula is C52H65O3P. The molecule has 6 rings (SSSR count). The molecule has 0 amide bonds. The molecule has 296 valence electrons. The predicted molar refractivity (Wildman–Crippen MR) is 245 cm³/mol. The van der Waals surface area contributed by atoms with Gasteiger partial charge in [-0.2, -0.15) is 0 Å². The van der Waals surface area contributed by atoms with Gasteiger partial charge in [0.1, 0.15) is 0 Å². The van der Waals surface area contributed by atoms with E-state index in [1.54, 1.807) is 6.07 Å². The Kier molecular flexibility index (Phi) is 9.96. The quantitative estimate of drug-likeness (QED) is 0.157. The third-order valence-electron chi connectivity index (χ3n) is 11.5. The maximum atomic E-state index is 13.1. The van der Waals surface area contributed by atoms with Gasteiger partial charge in [-0.3, -0.25) is 0 Å². The van der Waals surface area contributed by atoms with Crippen LogP contribution in [0.15, 0.2) is 103 Å². The first kappa shape index (κ1) is 41.8. The molecule has 4 heteroatoms.